The van der Waals surface area contributed by atoms with Crippen molar-refractivity contribution in [1.29, 1.82) is 0 Å². The number of nitrogens with zero attached hydrogens (tertiary/aromatic N) is 3. The van der Waals surface area contributed by atoms with Gasteiger partial charge in [0.15, 0.2) is 0 Å². The normalized spacial score (nSPS) is 17.9. The van der Waals surface area contributed by atoms with Crippen LogP contribution in [0.15, 0.2) is 48.9 Å². The molecule has 2 aromatic rings. The van der Waals surface area contributed by atoms with Crippen LogP contribution in [0.3, 0.4) is 0 Å². The number of amides is 1. The molecule has 3 rings (SSSR count). The topological polar surface area (TPSA) is 46.1 Å². The number of carbonyl (C=O) groups excluding carboxylic acids is 1. The summed E-state index contributed by atoms with van der Waals surface area (Å²) in [4.78, 5) is 22.3. The van der Waals surface area contributed by atoms with Crippen LogP contribution in [0.4, 0.5) is 0 Å². The van der Waals surface area contributed by atoms with E-state index in [-0.39, 0.29) is 11.9 Å². The molecular weight excluding hydrogens is 238 g/mol. The van der Waals surface area contributed by atoms with Gasteiger partial charge in [0, 0.05) is 12.7 Å². The number of hydrogen-bond acceptors (Lipinski definition) is 3. The fourth-order valence-electron chi connectivity index (χ4n) is 2.36. The Morgan fingerprint density at radius 2 is 2.11 bits per heavy atom. The number of carbonyl (C=O) groups is 1. The molecule has 0 saturated carbocycles. The predicted octanol–water partition coefficient (Wildman–Crippen LogP) is 1.99. The Kier molecular flexibility index (Phi) is 3.23. The molecule has 4 nitrogen and oxygen atoms in total. The lowest BCUT2D eigenvalue weighted by Crippen LogP contribution is -2.46. The van der Waals surface area contributed by atoms with E-state index in [9.17, 15) is 4.79 Å². The molecule has 4 heteroatoms. The first-order valence-electron chi connectivity index (χ1n) is 6.44. The minimum Gasteiger partial charge on any atom is -0.334 e. The number of likely N-dealkylation sites (tertiary alicyclic amines) is 1. The van der Waals surface area contributed by atoms with E-state index in [2.05, 4.69) is 9.97 Å². The van der Waals surface area contributed by atoms with Crippen LogP contribution in [0.5, 0.6) is 0 Å². The van der Waals surface area contributed by atoms with E-state index in [1.807, 2.05) is 41.3 Å². The first-order valence-corrected chi connectivity index (χ1v) is 6.44. The first-order chi connectivity index (χ1) is 9.34. The SMILES string of the molecule is O=C(Cc1ccccc1)N1CCC1c1ccncn1. The van der Waals surface area contributed by atoms with Crippen LogP contribution < -0.4 is 0 Å². The zero-order valence-electron chi connectivity index (χ0n) is 10.6. The standard InChI is InChI=1S/C15H15N3O/c19-15(10-12-4-2-1-3-5-12)18-9-7-14(18)13-6-8-16-11-17-13/h1-6,8,11,14H,7,9-10H2. The average Bonchev–Trinajstić information content (AvgIpc) is 2.39. The zero-order valence-corrected chi connectivity index (χ0v) is 10.6. The highest BCUT2D eigenvalue weighted by Crippen LogP contribution is 2.32. The third-order valence-electron chi connectivity index (χ3n) is 3.48. The summed E-state index contributed by atoms with van der Waals surface area (Å²) >= 11 is 0. The monoisotopic (exact) mass is 253 g/mol. The third-order valence-corrected chi connectivity index (χ3v) is 3.48. The first kappa shape index (κ1) is 11.8. The van der Waals surface area contributed by atoms with Crippen molar-refractivity contribution in [2.24, 2.45) is 0 Å². The smallest absolute Gasteiger partial charge is 0.227 e. The second kappa shape index (κ2) is 5.18. The van der Waals surface area contributed by atoms with Crippen molar-refractivity contribution in [3.8, 4) is 0 Å². The maximum absolute atomic E-state index is 12.3. The molecule has 0 N–H and O–H groups in total. The van der Waals surface area contributed by atoms with Gasteiger partial charge in [-0.25, -0.2) is 9.97 Å². The highest BCUT2D eigenvalue weighted by molar-refractivity contribution is 5.80. The van der Waals surface area contributed by atoms with Crippen molar-refractivity contribution in [2.45, 2.75) is 18.9 Å². The van der Waals surface area contributed by atoms with Gasteiger partial charge < -0.3 is 4.90 Å². The molecule has 0 spiro atoms. The molecule has 1 aromatic heterocycles. The van der Waals surface area contributed by atoms with Crippen molar-refractivity contribution < 1.29 is 4.79 Å². The fourth-order valence-corrected chi connectivity index (χ4v) is 2.36. The van der Waals surface area contributed by atoms with Crippen molar-refractivity contribution in [3.05, 3.63) is 60.2 Å². The van der Waals surface area contributed by atoms with Crippen LogP contribution in [-0.2, 0) is 11.2 Å². The van der Waals surface area contributed by atoms with Gasteiger partial charge in [-0.3, -0.25) is 4.79 Å². The molecule has 0 radical (unpaired) electrons. The summed E-state index contributed by atoms with van der Waals surface area (Å²) in [7, 11) is 0. The minimum absolute atomic E-state index is 0.124. The van der Waals surface area contributed by atoms with Crippen molar-refractivity contribution in [1.82, 2.24) is 14.9 Å². The van der Waals surface area contributed by atoms with Crippen LogP contribution in [0.2, 0.25) is 0 Å². The van der Waals surface area contributed by atoms with Gasteiger partial charge >= 0.3 is 0 Å². The van der Waals surface area contributed by atoms with Gasteiger partial charge in [0.2, 0.25) is 5.91 Å². The second-order valence-electron chi connectivity index (χ2n) is 4.69. The largest absolute Gasteiger partial charge is 0.334 e. The van der Waals surface area contributed by atoms with Gasteiger partial charge in [0.25, 0.3) is 0 Å². The molecule has 0 aliphatic carbocycles. The molecule has 19 heavy (non-hydrogen) atoms. The van der Waals surface area contributed by atoms with Gasteiger partial charge in [0.1, 0.15) is 6.33 Å². The van der Waals surface area contributed by atoms with Crippen molar-refractivity contribution >= 4 is 5.91 Å². The number of aromatic nitrogens is 2. The second-order valence-corrected chi connectivity index (χ2v) is 4.69. The Labute approximate surface area is 112 Å². The number of benzene rings is 1. The van der Waals surface area contributed by atoms with Crippen LogP contribution in [0.1, 0.15) is 23.7 Å². The Morgan fingerprint density at radius 3 is 2.74 bits per heavy atom. The van der Waals surface area contributed by atoms with E-state index in [0.29, 0.717) is 6.42 Å². The Bertz CT molecular complexity index is 556. The maximum Gasteiger partial charge on any atom is 0.227 e. The summed E-state index contributed by atoms with van der Waals surface area (Å²) in [6.45, 7) is 0.820. The van der Waals surface area contributed by atoms with Crippen molar-refractivity contribution in [2.75, 3.05) is 6.54 Å². The van der Waals surface area contributed by atoms with Crippen LogP contribution in [0.25, 0.3) is 0 Å². The summed E-state index contributed by atoms with van der Waals surface area (Å²) in [5, 5.41) is 0. The van der Waals surface area contributed by atoms with E-state index < -0.39 is 0 Å². The summed E-state index contributed by atoms with van der Waals surface area (Å²) in [6.07, 6.45) is 4.70. The molecule has 1 saturated heterocycles. The molecule has 1 aromatic carbocycles. The lowest BCUT2D eigenvalue weighted by atomic mass is 9.98. The molecule has 1 unspecified atom stereocenters. The molecule has 0 bridgehead atoms. The van der Waals surface area contributed by atoms with Gasteiger partial charge in [0.05, 0.1) is 18.2 Å². The van der Waals surface area contributed by atoms with Crippen LogP contribution in [-0.4, -0.2) is 27.3 Å². The highest BCUT2D eigenvalue weighted by Gasteiger charge is 2.33. The molecule has 1 atom stereocenters. The Morgan fingerprint density at radius 1 is 1.26 bits per heavy atom. The van der Waals surface area contributed by atoms with Crippen LogP contribution >= 0.6 is 0 Å². The predicted molar refractivity (Wildman–Crippen MR) is 71.2 cm³/mol. The molecule has 1 aliphatic heterocycles. The van der Waals surface area contributed by atoms with Crippen LogP contribution in [0, 0.1) is 0 Å². The van der Waals surface area contributed by atoms with Gasteiger partial charge in [-0.1, -0.05) is 30.3 Å². The number of rotatable bonds is 3. The van der Waals surface area contributed by atoms with Crippen molar-refractivity contribution in [3.63, 3.8) is 0 Å². The molecule has 1 aliphatic rings. The lowest BCUT2D eigenvalue weighted by molar-refractivity contribution is -0.138. The Balaban J connectivity index is 1.68. The van der Waals surface area contributed by atoms with E-state index in [0.717, 1.165) is 24.2 Å². The minimum atomic E-state index is 0.124. The van der Waals surface area contributed by atoms with E-state index in [4.69, 9.17) is 0 Å². The van der Waals surface area contributed by atoms with E-state index in [1.165, 1.54) is 6.33 Å². The molecule has 1 amide bonds. The van der Waals surface area contributed by atoms with E-state index >= 15 is 0 Å². The van der Waals surface area contributed by atoms with Gasteiger partial charge in [-0.05, 0) is 18.1 Å². The fraction of sp³-hybridized carbons (Fsp3) is 0.267. The van der Waals surface area contributed by atoms with Gasteiger partial charge in [-0.15, -0.1) is 0 Å². The number of hydrogen-bond donors (Lipinski definition) is 0. The molecular formula is C15H15N3O. The highest BCUT2D eigenvalue weighted by atomic mass is 16.2. The third kappa shape index (κ3) is 2.47. The molecule has 2 heterocycles. The summed E-state index contributed by atoms with van der Waals surface area (Å²) in [5.74, 6) is 0.168. The summed E-state index contributed by atoms with van der Waals surface area (Å²) in [6, 6.07) is 11.9. The summed E-state index contributed by atoms with van der Waals surface area (Å²) < 4.78 is 0. The molecule has 96 valence electrons. The maximum atomic E-state index is 12.3. The quantitative estimate of drug-likeness (QED) is 0.840. The summed E-state index contributed by atoms with van der Waals surface area (Å²) in [5.41, 5.74) is 1.99. The van der Waals surface area contributed by atoms with E-state index in [1.54, 1.807) is 6.20 Å². The van der Waals surface area contributed by atoms with Gasteiger partial charge in [-0.2, -0.15) is 0 Å². The Hall–Kier alpha value is -2.23. The zero-order chi connectivity index (χ0) is 13.1. The lowest BCUT2D eigenvalue weighted by Gasteiger charge is -2.40. The molecule has 1 fully saturated rings. The average molecular weight is 253 g/mol.